The van der Waals surface area contributed by atoms with Gasteiger partial charge in [-0.25, -0.2) is 0 Å². The Morgan fingerprint density at radius 2 is 1.80 bits per heavy atom. The van der Waals surface area contributed by atoms with Crippen molar-refractivity contribution >= 4 is 11.8 Å². The highest BCUT2D eigenvalue weighted by molar-refractivity contribution is 6.35. The third kappa shape index (κ3) is 6.89. The summed E-state index contributed by atoms with van der Waals surface area (Å²) in [5, 5.41) is 5.96. The summed E-state index contributed by atoms with van der Waals surface area (Å²) in [6, 6.07) is 0. The van der Waals surface area contributed by atoms with Gasteiger partial charge >= 0.3 is 11.8 Å². The summed E-state index contributed by atoms with van der Waals surface area (Å²) in [5.74, 6) is -0.819. The van der Waals surface area contributed by atoms with E-state index in [1.807, 2.05) is 0 Å². The molecule has 0 aromatic heterocycles. The fraction of sp³-hybridized carbons (Fsp3) is 0.867. The lowest BCUT2D eigenvalue weighted by molar-refractivity contribution is -0.145. The first-order chi connectivity index (χ1) is 9.75. The first-order valence-corrected chi connectivity index (χ1v) is 8.03. The van der Waals surface area contributed by atoms with Gasteiger partial charge in [-0.1, -0.05) is 39.0 Å². The lowest BCUT2D eigenvalue weighted by Crippen LogP contribution is -2.44. The van der Waals surface area contributed by atoms with E-state index in [0.29, 0.717) is 19.6 Å². The molecule has 0 atom stereocenters. The van der Waals surface area contributed by atoms with Gasteiger partial charge in [0, 0.05) is 26.2 Å². The number of nitrogens with one attached hydrogen (secondary N) is 2. The maximum atomic E-state index is 11.9. The van der Waals surface area contributed by atoms with Gasteiger partial charge in [0.1, 0.15) is 0 Å². The van der Waals surface area contributed by atoms with E-state index in [-0.39, 0.29) is 5.91 Å². The number of hydrogen-bond acceptors (Lipinski definition) is 3. The van der Waals surface area contributed by atoms with Crippen molar-refractivity contribution in [3.05, 3.63) is 0 Å². The van der Waals surface area contributed by atoms with Crippen LogP contribution in [0, 0.1) is 0 Å². The van der Waals surface area contributed by atoms with Crippen LogP contribution in [0.4, 0.5) is 0 Å². The molecule has 0 aliphatic carbocycles. The highest BCUT2D eigenvalue weighted by atomic mass is 16.2. The summed E-state index contributed by atoms with van der Waals surface area (Å²) >= 11 is 0. The van der Waals surface area contributed by atoms with Gasteiger partial charge in [-0.05, 0) is 19.4 Å². The van der Waals surface area contributed by atoms with E-state index in [1.54, 1.807) is 4.90 Å². The standard InChI is InChI=1S/C15H29N3O2/c1-2-3-4-5-6-7-10-17-14(19)15(20)18-12-8-9-16-11-13-18/h16H,2-13H2,1H3,(H,17,19). The number of amides is 2. The number of hydrogen-bond donors (Lipinski definition) is 2. The Bertz CT molecular complexity index is 287. The Hall–Kier alpha value is -1.10. The SMILES string of the molecule is CCCCCCCCNC(=O)C(=O)N1CCCNCC1. The van der Waals surface area contributed by atoms with Crippen LogP contribution in [0.3, 0.4) is 0 Å². The maximum absolute atomic E-state index is 11.9. The molecule has 116 valence electrons. The molecule has 1 aliphatic heterocycles. The van der Waals surface area contributed by atoms with Crippen molar-refractivity contribution in [1.29, 1.82) is 0 Å². The molecule has 0 unspecified atom stereocenters. The number of carbonyl (C=O) groups is 2. The van der Waals surface area contributed by atoms with Crippen LogP contribution in [0.1, 0.15) is 51.9 Å². The summed E-state index contributed by atoms with van der Waals surface area (Å²) in [4.78, 5) is 25.4. The van der Waals surface area contributed by atoms with Crippen LogP contribution < -0.4 is 10.6 Å². The number of unbranched alkanes of at least 4 members (excludes halogenated alkanes) is 5. The molecule has 1 aliphatic rings. The van der Waals surface area contributed by atoms with Gasteiger partial charge in [0.15, 0.2) is 0 Å². The largest absolute Gasteiger partial charge is 0.348 e. The summed E-state index contributed by atoms with van der Waals surface area (Å²) in [5.41, 5.74) is 0. The molecule has 0 bridgehead atoms. The van der Waals surface area contributed by atoms with Gasteiger partial charge in [0.25, 0.3) is 0 Å². The van der Waals surface area contributed by atoms with E-state index in [2.05, 4.69) is 17.6 Å². The second-order valence-electron chi connectivity index (χ2n) is 5.42. The lowest BCUT2D eigenvalue weighted by atomic mass is 10.1. The molecule has 5 heteroatoms. The molecule has 2 amide bonds. The fourth-order valence-electron chi connectivity index (χ4n) is 2.38. The number of carbonyl (C=O) groups excluding carboxylic acids is 2. The van der Waals surface area contributed by atoms with Crippen LogP contribution in [0.2, 0.25) is 0 Å². The molecule has 0 aromatic carbocycles. The van der Waals surface area contributed by atoms with Crippen molar-refractivity contribution in [3.8, 4) is 0 Å². The second-order valence-corrected chi connectivity index (χ2v) is 5.42. The van der Waals surface area contributed by atoms with Crippen LogP contribution in [-0.4, -0.2) is 49.4 Å². The third-order valence-electron chi connectivity index (χ3n) is 3.64. The Kier molecular flexibility index (Phi) is 9.04. The smallest absolute Gasteiger partial charge is 0.311 e. The second kappa shape index (κ2) is 10.7. The highest BCUT2D eigenvalue weighted by Crippen LogP contribution is 2.04. The zero-order valence-corrected chi connectivity index (χ0v) is 12.7. The van der Waals surface area contributed by atoms with Gasteiger partial charge in [-0.15, -0.1) is 0 Å². The van der Waals surface area contributed by atoms with Gasteiger partial charge in [0.2, 0.25) is 0 Å². The van der Waals surface area contributed by atoms with Crippen molar-refractivity contribution in [3.63, 3.8) is 0 Å². The summed E-state index contributed by atoms with van der Waals surface area (Å²) in [6.45, 7) is 5.81. The molecule has 1 fully saturated rings. The molecule has 5 nitrogen and oxygen atoms in total. The monoisotopic (exact) mass is 283 g/mol. The van der Waals surface area contributed by atoms with E-state index in [4.69, 9.17) is 0 Å². The summed E-state index contributed by atoms with van der Waals surface area (Å²) < 4.78 is 0. The Balaban J connectivity index is 2.10. The molecular weight excluding hydrogens is 254 g/mol. The maximum Gasteiger partial charge on any atom is 0.311 e. The van der Waals surface area contributed by atoms with Gasteiger partial charge in [-0.2, -0.15) is 0 Å². The van der Waals surface area contributed by atoms with Crippen LogP contribution in [-0.2, 0) is 9.59 Å². The molecule has 0 saturated carbocycles. The van der Waals surface area contributed by atoms with Crippen molar-refractivity contribution in [2.24, 2.45) is 0 Å². The van der Waals surface area contributed by atoms with Gasteiger partial charge in [0.05, 0.1) is 0 Å². The minimum atomic E-state index is -0.444. The average Bonchev–Trinajstić information content (AvgIpc) is 2.74. The molecule has 1 saturated heterocycles. The van der Waals surface area contributed by atoms with E-state index < -0.39 is 5.91 Å². The molecule has 0 radical (unpaired) electrons. The van der Waals surface area contributed by atoms with Crippen LogP contribution in [0.25, 0.3) is 0 Å². The number of nitrogens with zero attached hydrogens (tertiary/aromatic N) is 1. The summed E-state index contributed by atoms with van der Waals surface area (Å²) in [6.07, 6.45) is 8.02. The first kappa shape index (κ1) is 17.0. The third-order valence-corrected chi connectivity index (χ3v) is 3.64. The van der Waals surface area contributed by atoms with Crippen LogP contribution in [0.15, 0.2) is 0 Å². The predicted molar refractivity (Wildman–Crippen MR) is 80.5 cm³/mol. The van der Waals surface area contributed by atoms with Gasteiger partial charge < -0.3 is 15.5 Å². The number of rotatable bonds is 7. The molecule has 20 heavy (non-hydrogen) atoms. The topological polar surface area (TPSA) is 61.4 Å². The quantitative estimate of drug-likeness (QED) is 0.546. The predicted octanol–water partition coefficient (Wildman–Crippen LogP) is 1.29. The zero-order valence-electron chi connectivity index (χ0n) is 12.7. The van der Waals surface area contributed by atoms with E-state index >= 15 is 0 Å². The average molecular weight is 283 g/mol. The lowest BCUT2D eigenvalue weighted by Gasteiger charge is -2.19. The van der Waals surface area contributed by atoms with Crippen molar-refractivity contribution in [1.82, 2.24) is 15.5 Å². The molecular formula is C15H29N3O2. The Labute approximate surface area is 122 Å². The van der Waals surface area contributed by atoms with Crippen molar-refractivity contribution in [2.75, 3.05) is 32.7 Å². The Morgan fingerprint density at radius 1 is 1.05 bits per heavy atom. The van der Waals surface area contributed by atoms with Gasteiger partial charge in [-0.3, -0.25) is 9.59 Å². The highest BCUT2D eigenvalue weighted by Gasteiger charge is 2.21. The van der Waals surface area contributed by atoms with E-state index in [9.17, 15) is 9.59 Å². The Morgan fingerprint density at radius 3 is 2.60 bits per heavy atom. The van der Waals surface area contributed by atoms with E-state index in [0.717, 1.165) is 32.4 Å². The minimum Gasteiger partial charge on any atom is -0.348 e. The molecule has 1 rings (SSSR count). The van der Waals surface area contributed by atoms with Crippen LogP contribution >= 0.6 is 0 Å². The van der Waals surface area contributed by atoms with Crippen molar-refractivity contribution in [2.45, 2.75) is 51.9 Å². The summed E-state index contributed by atoms with van der Waals surface area (Å²) in [7, 11) is 0. The van der Waals surface area contributed by atoms with E-state index in [1.165, 1.54) is 25.7 Å². The molecule has 2 N–H and O–H groups in total. The fourth-order valence-corrected chi connectivity index (χ4v) is 2.38. The first-order valence-electron chi connectivity index (χ1n) is 8.03. The molecule has 0 spiro atoms. The zero-order chi connectivity index (χ0) is 14.6. The normalized spacial score (nSPS) is 15.8. The minimum absolute atomic E-state index is 0.375. The molecule has 1 heterocycles. The van der Waals surface area contributed by atoms with Crippen molar-refractivity contribution < 1.29 is 9.59 Å². The van der Waals surface area contributed by atoms with Crippen LogP contribution in [0.5, 0.6) is 0 Å². The molecule has 0 aromatic rings.